The second-order valence-corrected chi connectivity index (χ2v) is 10.6. The van der Waals surface area contributed by atoms with Gasteiger partial charge in [-0.15, -0.1) is 0 Å². The molecule has 0 spiro atoms. The third-order valence-electron chi connectivity index (χ3n) is 8.00. The Kier molecular flexibility index (Phi) is 6.33. The number of piperazine rings is 1. The zero-order valence-corrected chi connectivity index (χ0v) is 21.8. The summed E-state index contributed by atoms with van der Waals surface area (Å²) in [4.78, 5) is 43.5. The Labute approximate surface area is 222 Å². The number of benzene rings is 2. The molecule has 1 aromatic heterocycles. The fraction of sp³-hybridized carbons (Fsp3) is 0.379. The van der Waals surface area contributed by atoms with Crippen molar-refractivity contribution in [3.8, 4) is 22.4 Å². The molecule has 38 heavy (non-hydrogen) atoms. The van der Waals surface area contributed by atoms with Gasteiger partial charge in [0.2, 0.25) is 11.8 Å². The maximum Gasteiger partial charge on any atom is 0.255 e. The van der Waals surface area contributed by atoms with Crippen molar-refractivity contribution in [1.82, 2.24) is 29.8 Å². The molecule has 3 aliphatic heterocycles. The number of imide groups is 1. The minimum atomic E-state index is -0.616. The molecule has 1 N–H and O–H groups in total. The average molecular weight is 513 g/mol. The van der Waals surface area contributed by atoms with Gasteiger partial charge in [0.15, 0.2) is 0 Å². The lowest BCUT2D eigenvalue weighted by atomic mass is 9.97. The van der Waals surface area contributed by atoms with Crippen LogP contribution in [0.4, 0.5) is 0 Å². The number of nitrogens with zero attached hydrogens (tertiary/aromatic N) is 5. The third kappa shape index (κ3) is 4.52. The summed E-state index contributed by atoms with van der Waals surface area (Å²) in [6.45, 7) is 5.69. The molecule has 2 fully saturated rings. The molecule has 3 amide bonds. The minimum absolute atomic E-state index is 0.164. The van der Waals surface area contributed by atoms with E-state index in [1.54, 1.807) is 4.90 Å². The van der Waals surface area contributed by atoms with Crippen molar-refractivity contribution in [2.45, 2.75) is 32.0 Å². The average Bonchev–Trinajstić information content (AvgIpc) is 3.45. The number of hydrogen-bond donors (Lipinski definition) is 1. The molecule has 1 atom stereocenters. The minimum Gasteiger partial charge on any atom is -0.322 e. The summed E-state index contributed by atoms with van der Waals surface area (Å²) in [6.07, 6.45) is 2.47. The van der Waals surface area contributed by atoms with Crippen LogP contribution in [-0.2, 0) is 29.7 Å². The van der Waals surface area contributed by atoms with Crippen molar-refractivity contribution in [3.63, 3.8) is 0 Å². The fourth-order valence-electron chi connectivity index (χ4n) is 5.77. The van der Waals surface area contributed by atoms with E-state index in [0.717, 1.165) is 60.7 Å². The smallest absolute Gasteiger partial charge is 0.255 e. The van der Waals surface area contributed by atoms with E-state index < -0.39 is 11.9 Å². The molecule has 196 valence electrons. The normalized spacial score (nSPS) is 20.6. The van der Waals surface area contributed by atoms with E-state index >= 15 is 0 Å². The van der Waals surface area contributed by atoms with Crippen LogP contribution in [0.3, 0.4) is 0 Å². The predicted octanol–water partition coefficient (Wildman–Crippen LogP) is 2.26. The summed E-state index contributed by atoms with van der Waals surface area (Å²) in [6, 6.07) is 13.9. The van der Waals surface area contributed by atoms with E-state index in [1.165, 1.54) is 5.56 Å². The van der Waals surface area contributed by atoms with E-state index in [1.807, 2.05) is 36.1 Å². The molecular weight excluding hydrogens is 480 g/mol. The number of carbonyl (C=O) groups is 3. The molecule has 1 unspecified atom stereocenters. The third-order valence-corrected chi connectivity index (χ3v) is 8.00. The number of likely N-dealkylation sites (N-methyl/N-ethyl adjacent to an activating group) is 1. The number of amides is 3. The van der Waals surface area contributed by atoms with Crippen LogP contribution in [0.15, 0.2) is 48.7 Å². The number of aryl methyl sites for hydroxylation is 1. The van der Waals surface area contributed by atoms with Gasteiger partial charge in [-0.1, -0.05) is 30.3 Å². The number of piperidine rings is 1. The van der Waals surface area contributed by atoms with Gasteiger partial charge in [0, 0.05) is 69.4 Å². The van der Waals surface area contributed by atoms with Gasteiger partial charge in [0.05, 0.1) is 11.9 Å². The molecule has 0 saturated carbocycles. The highest BCUT2D eigenvalue weighted by atomic mass is 16.2. The molecule has 9 heteroatoms. The molecular formula is C29H32N6O3. The molecule has 9 nitrogen and oxygen atoms in total. The largest absolute Gasteiger partial charge is 0.322 e. The SMILES string of the molecule is CN1CCN(Cc2ccc(-c3c(-c4ccc5c(c4)CN(C4CCC(=O)NC4=O)C5=O)cnn3C)cc2)CC1. The van der Waals surface area contributed by atoms with Crippen molar-refractivity contribution >= 4 is 17.7 Å². The number of hydrogen-bond acceptors (Lipinski definition) is 6. The molecule has 3 aromatic rings. The van der Waals surface area contributed by atoms with E-state index in [0.29, 0.717) is 18.5 Å². The molecule has 0 radical (unpaired) electrons. The molecule has 0 aliphatic carbocycles. The van der Waals surface area contributed by atoms with Crippen molar-refractivity contribution < 1.29 is 14.4 Å². The molecule has 0 bridgehead atoms. The van der Waals surface area contributed by atoms with Gasteiger partial charge in [-0.25, -0.2) is 0 Å². The first kappa shape index (κ1) is 24.5. The van der Waals surface area contributed by atoms with Crippen LogP contribution >= 0.6 is 0 Å². The number of aromatic nitrogens is 2. The van der Waals surface area contributed by atoms with Crippen molar-refractivity contribution in [2.75, 3.05) is 33.2 Å². The highest BCUT2D eigenvalue weighted by molar-refractivity contribution is 6.05. The molecule has 6 rings (SSSR count). The van der Waals surface area contributed by atoms with Gasteiger partial charge in [0.25, 0.3) is 5.91 Å². The lowest BCUT2D eigenvalue weighted by Crippen LogP contribution is -2.52. The Morgan fingerprint density at radius 1 is 0.921 bits per heavy atom. The zero-order valence-electron chi connectivity index (χ0n) is 21.8. The van der Waals surface area contributed by atoms with Crippen LogP contribution < -0.4 is 5.32 Å². The summed E-state index contributed by atoms with van der Waals surface area (Å²) in [5.74, 6) is -0.842. The van der Waals surface area contributed by atoms with Crippen LogP contribution in [0.1, 0.15) is 34.3 Å². The number of fused-ring (bicyclic) bond motifs is 1. The molecule has 3 aliphatic rings. The van der Waals surface area contributed by atoms with Gasteiger partial charge in [0.1, 0.15) is 6.04 Å². The molecule has 4 heterocycles. The van der Waals surface area contributed by atoms with Crippen molar-refractivity contribution in [1.29, 1.82) is 0 Å². The lowest BCUT2D eigenvalue weighted by Gasteiger charge is -2.32. The van der Waals surface area contributed by atoms with E-state index in [-0.39, 0.29) is 18.2 Å². The summed E-state index contributed by atoms with van der Waals surface area (Å²) in [5.41, 5.74) is 6.87. The monoisotopic (exact) mass is 512 g/mol. The highest BCUT2D eigenvalue weighted by Gasteiger charge is 2.39. The fourth-order valence-corrected chi connectivity index (χ4v) is 5.77. The van der Waals surface area contributed by atoms with Crippen LogP contribution in [0.2, 0.25) is 0 Å². The van der Waals surface area contributed by atoms with Gasteiger partial charge >= 0.3 is 0 Å². The van der Waals surface area contributed by atoms with Crippen molar-refractivity contribution in [2.24, 2.45) is 7.05 Å². The Hall–Kier alpha value is -3.82. The van der Waals surface area contributed by atoms with Gasteiger partial charge in [-0.2, -0.15) is 5.10 Å². The Balaban J connectivity index is 1.23. The van der Waals surface area contributed by atoms with E-state index in [4.69, 9.17) is 0 Å². The topological polar surface area (TPSA) is 90.8 Å². The number of nitrogens with one attached hydrogen (secondary N) is 1. The van der Waals surface area contributed by atoms with Gasteiger partial charge in [-0.05, 0) is 42.3 Å². The Morgan fingerprint density at radius 2 is 1.66 bits per heavy atom. The Bertz CT molecular complexity index is 1400. The van der Waals surface area contributed by atoms with Gasteiger partial charge < -0.3 is 9.80 Å². The zero-order chi connectivity index (χ0) is 26.4. The van der Waals surface area contributed by atoms with E-state index in [9.17, 15) is 14.4 Å². The first-order chi connectivity index (χ1) is 18.4. The Morgan fingerprint density at radius 3 is 2.39 bits per heavy atom. The second kappa shape index (κ2) is 9.81. The molecule has 2 saturated heterocycles. The number of rotatable bonds is 5. The quantitative estimate of drug-likeness (QED) is 0.528. The van der Waals surface area contributed by atoms with E-state index in [2.05, 4.69) is 51.5 Å². The highest BCUT2D eigenvalue weighted by Crippen LogP contribution is 2.35. The lowest BCUT2D eigenvalue weighted by molar-refractivity contribution is -0.136. The van der Waals surface area contributed by atoms with Crippen molar-refractivity contribution in [3.05, 3.63) is 65.4 Å². The van der Waals surface area contributed by atoms with Gasteiger partial charge in [-0.3, -0.25) is 29.3 Å². The first-order valence-electron chi connectivity index (χ1n) is 13.2. The number of carbonyl (C=O) groups excluding carboxylic acids is 3. The van der Waals surface area contributed by atoms with Crippen LogP contribution in [0, 0.1) is 0 Å². The predicted molar refractivity (Wildman–Crippen MR) is 143 cm³/mol. The summed E-state index contributed by atoms with van der Waals surface area (Å²) < 4.78 is 1.89. The molecule has 2 aromatic carbocycles. The van der Waals surface area contributed by atoms with Crippen LogP contribution in [0.25, 0.3) is 22.4 Å². The first-order valence-corrected chi connectivity index (χ1v) is 13.2. The summed E-state index contributed by atoms with van der Waals surface area (Å²) in [5, 5.41) is 6.91. The second-order valence-electron chi connectivity index (χ2n) is 10.6. The standard InChI is InChI=1S/C29H32N6O3/c1-32-11-13-34(14-12-32)17-19-3-5-20(6-4-19)27-24(16-30-33(27)2)21-7-8-23-22(15-21)18-35(29(23)38)25-9-10-26(36)31-28(25)37/h3-8,15-16,25H,9-14,17-18H2,1-2H3,(H,31,36,37). The van der Waals surface area contributed by atoms with Crippen LogP contribution in [-0.4, -0.2) is 81.5 Å². The maximum atomic E-state index is 13.1. The summed E-state index contributed by atoms with van der Waals surface area (Å²) >= 11 is 0. The maximum absolute atomic E-state index is 13.1. The summed E-state index contributed by atoms with van der Waals surface area (Å²) in [7, 11) is 4.11. The van der Waals surface area contributed by atoms with Crippen LogP contribution in [0.5, 0.6) is 0 Å².